The van der Waals surface area contributed by atoms with Crippen molar-refractivity contribution in [2.24, 2.45) is 5.92 Å². The summed E-state index contributed by atoms with van der Waals surface area (Å²) in [5.74, 6) is -0.113. The van der Waals surface area contributed by atoms with Crippen LogP contribution in [0.4, 0.5) is 5.69 Å². The second-order valence-corrected chi connectivity index (χ2v) is 6.58. The van der Waals surface area contributed by atoms with E-state index in [1.807, 2.05) is 31.2 Å². The third-order valence-electron chi connectivity index (χ3n) is 4.79. The smallest absolute Gasteiger partial charge is 0.227 e. The minimum Gasteiger partial charge on any atom is -0.353 e. The van der Waals surface area contributed by atoms with Gasteiger partial charge in [0.05, 0.1) is 5.92 Å². The molecule has 1 aliphatic heterocycles. The van der Waals surface area contributed by atoms with Crippen LogP contribution < -0.4 is 10.2 Å². The summed E-state index contributed by atoms with van der Waals surface area (Å²) in [7, 11) is 0. The molecule has 0 spiro atoms. The first kappa shape index (κ1) is 15.1. The fourth-order valence-electron chi connectivity index (χ4n) is 3.42. The molecule has 1 N–H and O–H groups in total. The topological polar surface area (TPSA) is 49.4 Å². The highest BCUT2D eigenvalue weighted by atomic mass is 16.2. The van der Waals surface area contributed by atoms with Crippen molar-refractivity contribution >= 4 is 17.5 Å². The van der Waals surface area contributed by atoms with E-state index in [1.165, 1.54) is 24.8 Å². The van der Waals surface area contributed by atoms with Gasteiger partial charge < -0.3 is 10.2 Å². The lowest BCUT2D eigenvalue weighted by Crippen LogP contribution is -2.40. The zero-order valence-corrected chi connectivity index (χ0v) is 13.2. The second-order valence-electron chi connectivity index (χ2n) is 6.58. The quantitative estimate of drug-likeness (QED) is 0.933. The van der Waals surface area contributed by atoms with E-state index < -0.39 is 0 Å². The lowest BCUT2D eigenvalue weighted by atomic mass is 9.95. The maximum absolute atomic E-state index is 12.4. The average molecular weight is 300 g/mol. The molecule has 1 aromatic carbocycles. The molecule has 0 bridgehead atoms. The van der Waals surface area contributed by atoms with Crippen molar-refractivity contribution in [3.05, 3.63) is 29.8 Å². The van der Waals surface area contributed by atoms with Crippen molar-refractivity contribution < 1.29 is 9.59 Å². The molecule has 4 nitrogen and oxygen atoms in total. The molecule has 0 unspecified atom stereocenters. The van der Waals surface area contributed by atoms with E-state index in [0.29, 0.717) is 19.0 Å². The third-order valence-corrected chi connectivity index (χ3v) is 4.79. The summed E-state index contributed by atoms with van der Waals surface area (Å²) in [5, 5.41) is 3.14. The van der Waals surface area contributed by atoms with E-state index in [9.17, 15) is 9.59 Å². The van der Waals surface area contributed by atoms with E-state index in [2.05, 4.69) is 5.32 Å². The van der Waals surface area contributed by atoms with Crippen molar-refractivity contribution in [1.82, 2.24) is 5.32 Å². The molecule has 1 heterocycles. The number of nitrogens with one attached hydrogen (secondary N) is 1. The molecular weight excluding hydrogens is 276 g/mol. The molecule has 22 heavy (non-hydrogen) atoms. The number of rotatable bonds is 3. The van der Waals surface area contributed by atoms with Gasteiger partial charge in [-0.05, 0) is 31.9 Å². The molecule has 1 atom stereocenters. The summed E-state index contributed by atoms with van der Waals surface area (Å²) >= 11 is 0. The summed E-state index contributed by atoms with van der Waals surface area (Å²) < 4.78 is 0. The van der Waals surface area contributed by atoms with Crippen molar-refractivity contribution in [1.29, 1.82) is 0 Å². The van der Waals surface area contributed by atoms with E-state index >= 15 is 0 Å². The molecule has 2 aliphatic rings. The molecule has 0 aromatic heterocycles. The Kier molecular flexibility index (Phi) is 4.46. The number of carbonyl (C=O) groups is 2. The molecule has 1 aliphatic carbocycles. The zero-order valence-electron chi connectivity index (χ0n) is 13.2. The van der Waals surface area contributed by atoms with Gasteiger partial charge in [-0.15, -0.1) is 0 Å². The van der Waals surface area contributed by atoms with Crippen molar-refractivity contribution in [3.8, 4) is 0 Å². The molecular formula is C18H24N2O2. The van der Waals surface area contributed by atoms with Crippen molar-refractivity contribution in [2.45, 2.75) is 51.5 Å². The van der Waals surface area contributed by atoms with Gasteiger partial charge in [0.1, 0.15) is 0 Å². The first-order valence-electron chi connectivity index (χ1n) is 8.31. The number of aryl methyl sites for hydroxylation is 1. The summed E-state index contributed by atoms with van der Waals surface area (Å²) in [6.45, 7) is 2.52. The van der Waals surface area contributed by atoms with Crippen molar-refractivity contribution in [3.63, 3.8) is 0 Å². The van der Waals surface area contributed by atoms with E-state index in [0.717, 1.165) is 18.5 Å². The largest absolute Gasteiger partial charge is 0.353 e. The highest BCUT2D eigenvalue weighted by Gasteiger charge is 2.35. The van der Waals surface area contributed by atoms with Gasteiger partial charge >= 0.3 is 0 Å². The van der Waals surface area contributed by atoms with Gasteiger partial charge in [0.2, 0.25) is 11.8 Å². The Morgan fingerprint density at radius 2 is 1.82 bits per heavy atom. The van der Waals surface area contributed by atoms with Gasteiger partial charge in [-0.1, -0.05) is 37.0 Å². The molecule has 1 saturated heterocycles. The van der Waals surface area contributed by atoms with Crippen LogP contribution in [0.2, 0.25) is 0 Å². The van der Waals surface area contributed by atoms with Crippen LogP contribution >= 0.6 is 0 Å². The Balaban J connectivity index is 1.61. The molecule has 2 fully saturated rings. The van der Waals surface area contributed by atoms with Crippen LogP contribution in [0.1, 0.15) is 44.1 Å². The summed E-state index contributed by atoms with van der Waals surface area (Å²) in [4.78, 5) is 26.4. The number of nitrogens with zero attached hydrogens (tertiary/aromatic N) is 1. The lowest BCUT2D eigenvalue weighted by molar-refractivity contribution is -0.127. The SMILES string of the molecule is Cc1ccc(N2C[C@@H](C(=O)NC3CCCCC3)CC2=O)cc1. The highest BCUT2D eigenvalue weighted by Crippen LogP contribution is 2.26. The summed E-state index contributed by atoms with van der Waals surface area (Å²) in [6, 6.07) is 8.21. The molecule has 2 amide bonds. The van der Waals surface area contributed by atoms with Gasteiger partial charge in [-0.3, -0.25) is 9.59 Å². The lowest BCUT2D eigenvalue weighted by Gasteiger charge is -2.24. The number of amides is 2. The van der Waals surface area contributed by atoms with Gasteiger partial charge in [-0.25, -0.2) is 0 Å². The van der Waals surface area contributed by atoms with Crippen LogP contribution in [0, 0.1) is 12.8 Å². The maximum atomic E-state index is 12.4. The van der Waals surface area contributed by atoms with Gasteiger partial charge in [0.15, 0.2) is 0 Å². The predicted molar refractivity (Wildman–Crippen MR) is 86.7 cm³/mol. The van der Waals surface area contributed by atoms with Gasteiger partial charge in [-0.2, -0.15) is 0 Å². The molecule has 118 valence electrons. The predicted octanol–water partition coefficient (Wildman–Crippen LogP) is 2.80. The Labute approximate surface area is 131 Å². The summed E-state index contributed by atoms with van der Waals surface area (Å²) in [6.07, 6.45) is 6.15. The Morgan fingerprint density at radius 3 is 2.50 bits per heavy atom. The third kappa shape index (κ3) is 3.32. The van der Waals surface area contributed by atoms with E-state index in [4.69, 9.17) is 0 Å². The van der Waals surface area contributed by atoms with E-state index in [-0.39, 0.29) is 17.7 Å². The molecule has 0 radical (unpaired) electrons. The maximum Gasteiger partial charge on any atom is 0.227 e. The number of hydrogen-bond acceptors (Lipinski definition) is 2. The standard InChI is InChI=1S/C18H24N2O2/c1-13-7-9-16(10-8-13)20-12-14(11-17(20)21)18(22)19-15-5-3-2-4-6-15/h7-10,14-15H,2-6,11-12H2,1H3,(H,19,22)/t14-/m0/s1. The Bertz CT molecular complexity index is 547. The van der Waals surface area contributed by atoms with Gasteiger partial charge in [0, 0.05) is 24.7 Å². The number of carbonyl (C=O) groups excluding carboxylic acids is 2. The minimum absolute atomic E-state index is 0.0487. The van der Waals surface area contributed by atoms with Crippen LogP contribution in [0.25, 0.3) is 0 Å². The average Bonchev–Trinajstić information content (AvgIpc) is 2.91. The zero-order chi connectivity index (χ0) is 15.5. The molecule has 1 saturated carbocycles. The minimum atomic E-state index is -0.212. The molecule has 1 aromatic rings. The first-order valence-corrected chi connectivity index (χ1v) is 8.31. The van der Waals surface area contributed by atoms with Crippen molar-refractivity contribution in [2.75, 3.05) is 11.4 Å². The number of anilines is 1. The Morgan fingerprint density at radius 1 is 1.14 bits per heavy atom. The van der Waals surface area contributed by atoms with Crippen LogP contribution in [-0.2, 0) is 9.59 Å². The first-order chi connectivity index (χ1) is 10.6. The normalized spacial score (nSPS) is 22.9. The fraction of sp³-hybridized carbons (Fsp3) is 0.556. The van der Waals surface area contributed by atoms with Crippen LogP contribution in [0.3, 0.4) is 0 Å². The summed E-state index contributed by atoms with van der Waals surface area (Å²) in [5.41, 5.74) is 2.06. The van der Waals surface area contributed by atoms with Crippen LogP contribution in [0.15, 0.2) is 24.3 Å². The second kappa shape index (κ2) is 6.51. The monoisotopic (exact) mass is 300 g/mol. The Hall–Kier alpha value is -1.84. The van der Waals surface area contributed by atoms with Gasteiger partial charge in [0.25, 0.3) is 0 Å². The fourth-order valence-corrected chi connectivity index (χ4v) is 3.42. The highest BCUT2D eigenvalue weighted by molar-refractivity contribution is 6.00. The number of benzene rings is 1. The molecule has 3 rings (SSSR count). The van der Waals surface area contributed by atoms with Crippen LogP contribution in [-0.4, -0.2) is 24.4 Å². The van der Waals surface area contributed by atoms with E-state index in [1.54, 1.807) is 4.90 Å². The molecule has 4 heteroatoms. The van der Waals surface area contributed by atoms with Crippen LogP contribution in [0.5, 0.6) is 0 Å². The number of hydrogen-bond donors (Lipinski definition) is 1.